The molecule has 2 N–H and O–H groups in total. The van der Waals surface area contributed by atoms with Gasteiger partial charge in [0.25, 0.3) is 5.69 Å². The number of nitrogens with one attached hydrogen (secondary N) is 2. The maximum absolute atomic E-state index is 12.8. The van der Waals surface area contributed by atoms with E-state index in [2.05, 4.69) is 10.6 Å². The van der Waals surface area contributed by atoms with Gasteiger partial charge in [0.2, 0.25) is 5.91 Å². The number of benzene rings is 3. The smallest absolute Gasteiger partial charge is 0.408 e. The van der Waals surface area contributed by atoms with Gasteiger partial charge in [-0.25, -0.2) is 4.79 Å². The topological polar surface area (TPSA) is 111 Å². The van der Waals surface area contributed by atoms with Crippen LogP contribution in [0, 0.1) is 10.1 Å². The lowest BCUT2D eigenvalue weighted by Crippen LogP contribution is -2.52. The van der Waals surface area contributed by atoms with Gasteiger partial charge in [-0.15, -0.1) is 0 Å². The zero-order chi connectivity index (χ0) is 24.5. The molecule has 0 aromatic heterocycles. The second kappa shape index (κ2) is 9.15. The van der Waals surface area contributed by atoms with Crippen molar-refractivity contribution in [3.05, 3.63) is 93.0 Å². The molecule has 9 heteroatoms. The third kappa shape index (κ3) is 4.58. The number of nitro groups is 1. The van der Waals surface area contributed by atoms with E-state index in [1.807, 2.05) is 48.5 Å². The second-order valence-electron chi connectivity index (χ2n) is 8.45. The lowest BCUT2D eigenvalue weighted by Gasteiger charge is -2.25. The van der Waals surface area contributed by atoms with Crippen LogP contribution in [0.25, 0.3) is 11.1 Å². The zero-order valence-electron chi connectivity index (χ0n) is 18.5. The summed E-state index contributed by atoms with van der Waals surface area (Å²) in [5, 5.41) is 16.0. The Labute approximate surface area is 201 Å². The van der Waals surface area contributed by atoms with Gasteiger partial charge in [0, 0.05) is 18.1 Å². The van der Waals surface area contributed by atoms with Crippen LogP contribution in [-0.2, 0) is 9.53 Å². The Morgan fingerprint density at radius 2 is 1.62 bits per heavy atom. The average molecular weight is 480 g/mol. The van der Waals surface area contributed by atoms with E-state index in [0.717, 1.165) is 28.3 Å². The molecule has 174 valence electrons. The van der Waals surface area contributed by atoms with Crippen molar-refractivity contribution in [1.29, 1.82) is 0 Å². The summed E-state index contributed by atoms with van der Waals surface area (Å²) in [7, 11) is 0. The molecule has 0 fully saturated rings. The van der Waals surface area contributed by atoms with E-state index in [1.165, 1.54) is 26.0 Å². The van der Waals surface area contributed by atoms with E-state index in [0.29, 0.717) is 0 Å². The predicted molar refractivity (Wildman–Crippen MR) is 129 cm³/mol. The molecule has 2 amide bonds. The Morgan fingerprint density at radius 1 is 1.03 bits per heavy atom. The molecular formula is C25H22ClN3O5. The zero-order valence-corrected chi connectivity index (χ0v) is 19.3. The Bertz CT molecular complexity index is 1250. The third-order valence-corrected chi connectivity index (χ3v) is 6.05. The first kappa shape index (κ1) is 23.3. The van der Waals surface area contributed by atoms with Crippen molar-refractivity contribution in [2.75, 3.05) is 11.9 Å². The number of anilines is 1. The van der Waals surface area contributed by atoms with Crippen LogP contribution >= 0.6 is 11.6 Å². The van der Waals surface area contributed by atoms with Crippen LogP contribution in [0.15, 0.2) is 66.7 Å². The molecule has 0 spiro atoms. The highest BCUT2D eigenvalue weighted by molar-refractivity contribution is 6.34. The molecule has 0 atom stereocenters. The molecule has 0 heterocycles. The summed E-state index contributed by atoms with van der Waals surface area (Å²) in [6, 6.07) is 19.7. The van der Waals surface area contributed by atoms with Crippen molar-refractivity contribution < 1.29 is 19.2 Å². The Balaban J connectivity index is 1.40. The van der Waals surface area contributed by atoms with Crippen LogP contribution in [-0.4, -0.2) is 29.1 Å². The van der Waals surface area contributed by atoms with E-state index < -0.39 is 22.5 Å². The quantitative estimate of drug-likeness (QED) is 0.358. The number of hydrogen-bond acceptors (Lipinski definition) is 5. The molecule has 0 saturated heterocycles. The predicted octanol–water partition coefficient (Wildman–Crippen LogP) is 5.50. The van der Waals surface area contributed by atoms with Gasteiger partial charge < -0.3 is 15.4 Å². The van der Waals surface area contributed by atoms with Crippen LogP contribution < -0.4 is 10.6 Å². The Morgan fingerprint density at radius 3 is 2.18 bits per heavy atom. The average Bonchev–Trinajstić information content (AvgIpc) is 3.12. The van der Waals surface area contributed by atoms with Gasteiger partial charge in [-0.1, -0.05) is 60.1 Å². The lowest BCUT2D eigenvalue weighted by molar-refractivity contribution is -0.384. The van der Waals surface area contributed by atoms with Gasteiger partial charge in [0.1, 0.15) is 12.1 Å². The summed E-state index contributed by atoms with van der Waals surface area (Å²) in [6.45, 7) is 3.15. The van der Waals surface area contributed by atoms with Crippen molar-refractivity contribution in [3.8, 4) is 11.1 Å². The van der Waals surface area contributed by atoms with Gasteiger partial charge >= 0.3 is 6.09 Å². The fourth-order valence-electron chi connectivity index (χ4n) is 3.94. The number of alkyl carbamates (subject to hydrolysis) is 1. The SMILES string of the molecule is CC(C)(NC(=O)OCC1c2ccccc2-c2ccccc21)C(=O)Nc1ccc([N+](=O)[O-])cc1Cl. The van der Waals surface area contributed by atoms with Gasteiger partial charge in [-0.05, 0) is 42.2 Å². The molecule has 0 radical (unpaired) electrons. The summed E-state index contributed by atoms with van der Waals surface area (Å²) in [5.74, 6) is -0.661. The van der Waals surface area contributed by atoms with Gasteiger partial charge in [-0.2, -0.15) is 0 Å². The molecule has 1 aliphatic rings. The maximum Gasteiger partial charge on any atom is 0.408 e. The van der Waals surface area contributed by atoms with E-state index in [9.17, 15) is 19.7 Å². The molecule has 1 aliphatic carbocycles. The summed E-state index contributed by atoms with van der Waals surface area (Å²) in [6.07, 6.45) is -0.739. The van der Waals surface area contributed by atoms with E-state index >= 15 is 0 Å². The number of halogens is 1. The Hall–Kier alpha value is -3.91. The van der Waals surface area contributed by atoms with Gasteiger partial charge in [-0.3, -0.25) is 14.9 Å². The fourth-order valence-corrected chi connectivity index (χ4v) is 4.17. The molecule has 0 aliphatic heterocycles. The second-order valence-corrected chi connectivity index (χ2v) is 8.86. The molecule has 0 unspecified atom stereocenters. The first-order valence-corrected chi connectivity index (χ1v) is 10.9. The summed E-state index contributed by atoms with van der Waals surface area (Å²) >= 11 is 6.05. The molecular weight excluding hydrogens is 458 g/mol. The van der Waals surface area contributed by atoms with Crippen molar-refractivity contribution in [3.63, 3.8) is 0 Å². The van der Waals surface area contributed by atoms with Crippen LogP contribution in [0.1, 0.15) is 30.9 Å². The highest BCUT2D eigenvalue weighted by Gasteiger charge is 2.33. The minimum Gasteiger partial charge on any atom is -0.449 e. The highest BCUT2D eigenvalue weighted by atomic mass is 35.5. The number of nitro benzene ring substituents is 1. The lowest BCUT2D eigenvalue weighted by atomic mass is 9.98. The van der Waals surface area contributed by atoms with Crippen molar-refractivity contribution in [2.24, 2.45) is 0 Å². The van der Waals surface area contributed by atoms with Gasteiger partial charge in [0.15, 0.2) is 0 Å². The van der Waals surface area contributed by atoms with Gasteiger partial charge in [0.05, 0.1) is 15.6 Å². The van der Waals surface area contributed by atoms with Crippen LogP contribution in [0.5, 0.6) is 0 Å². The molecule has 0 saturated carbocycles. The van der Waals surface area contributed by atoms with E-state index in [-0.39, 0.29) is 28.9 Å². The first-order chi connectivity index (χ1) is 16.2. The standard InChI is InChI=1S/C25H22ClN3O5/c1-25(2,23(30)27-22-12-11-15(29(32)33)13-21(22)26)28-24(31)34-14-20-18-9-5-3-7-16(18)17-8-4-6-10-19(17)20/h3-13,20H,14H2,1-2H3,(H,27,30)(H,28,31). The number of fused-ring (bicyclic) bond motifs is 3. The molecule has 8 nitrogen and oxygen atoms in total. The molecule has 3 aromatic carbocycles. The first-order valence-electron chi connectivity index (χ1n) is 10.6. The number of carbonyl (C=O) groups is 2. The number of nitrogens with zero attached hydrogens (tertiary/aromatic N) is 1. The highest BCUT2D eigenvalue weighted by Crippen LogP contribution is 2.44. The fraction of sp³-hybridized carbons (Fsp3) is 0.200. The van der Waals surface area contributed by atoms with E-state index in [4.69, 9.17) is 16.3 Å². The van der Waals surface area contributed by atoms with Crippen LogP contribution in [0.2, 0.25) is 5.02 Å². The number of ether oxygens (including phenoxy) is 1. The summed E-state index contributed by atoms with van der Waals surface area (Å²) in [4.78, 5) is 35.6. The molecule has 0 bridgehead atoms. The number of hydrogen-bond donors (Lipinski definition) is 2. The largest absolute Gasteiger partial charge is 0.449 e. The molecule has 3 aromatic rings. The van der Waals surface area contributed by atoms with Crippen molar-refractivity contribution in [1.82, 2.24) is 5.32 Å². The normalized spacial score (nSPS) is 12.4. The number of carbonyl (C=O) groups excluding carboxylic acids is 2. The molecule has 4 rings (SSSR count). The van der Waals surface area contributed by atoms with E-state index in [1.54, 1.807) is 0 Å². The van der Waals surface area contributed by atoms with Crippen LogP contribution in [0.4, 0.5) is 16.2 Å². The number of rotatable bonds is 6. The Kier molecular flexibility index (Phi) is 6.26. The minimum atomic E-state index is -1.34. The summed E-state index contributed by atoms with van der Waals surface area (Å²) in [5.41, 5.74) is 3.06. The number of amides is 2. The van der Waals surface area contributed by atoms with Crippen molar-refractivity contribution in [2.45, 2.75) is 25.3 Å². The number of non-ortho nitro benzene ring substituents is 1. The third-order valence-electron chi connectivity index (χ3n) is 5.74. The minimum absolute atomic E-state index is 0.0134. The van der Waals surface area contributed by atoms with Crippen molar-refractivity contribution >= 4 is 35.0 Å². The molecule has 34 heavy (non-hydrogen) atoms. The van der Waals surface area contributed by atoms with Crippen LogP contribution in [0.3, 0.4) is 0 Å². The maximum atomic E-state index is 12.8. The monoisotopic (exact) mass is 479 g/mol. The summed E-state index contributed by atoms with van der Waals surface area (Å²) < 4.78 is 5.51.